The minimum Gasteiger partial charge on any atom is -0.208 e. The standard InChI is InChI=1S/C23H14ClN3/c24-23-26-21(19-11-9-15-5-1-3-7-17(15)13-19)25-22(27-23)20-12-10-16-6-2-4-8-18(16)14-20/h1-14H/i1D,3D,5D,7D,9D,11D,13D. The van der Waals surface area contributed by atoms with Gasteiger partial charge in [0.25, 0.3) is 0 Å². The van der Waals surface area contributed by atoms with E-state index in [1.54, 1.807) is 0 Å². The summed E-state index contributed by atoms with van der Waals surface area (Å²) in [6.07, 6.45) is 0. The van der Waals surface area contributed by atoms with E-state index in [1.165, 1.54) is 0 Å². The molecule has 0 amide bonds. The summed E-state index contributed by atoms with van der Waals surface area (Å²) in [5, 5.41) is 1.44. The van der Waals surface area contributed by atoms with Crippen LogP contribution in [-0.2, 0) is 0 Å². The molecule has 128 valence electrons. The van der Waals surface area contributed by atoms with Gasteiger partial charge in [0.1, 0.15) is 0 Å². The molecule has 0 atom stereocenters. The Kier molecular flexibility index (Phi) is 2.42. The summed E-state index contributed by atoms with van der Waals surface area (Å²) >= 11 is 6.18. The van der Waals surface area contributed by atoms with Crippen LogP contribution in [0.25, 0.3) is 44.3 Å². The van der Waals surface area contributed by atoms with Gasteiger partial charge in [0.05, 0.1) is 9.60 Å². The summed E-state index contributed by atoms with van der Waals surface area (Å²) in [5.41, 5.74) is 0.477. The molecule has 0 radical (unpaired) electrons. The number of fused-ring (bicyclic) bond motifs is 2. The predicted molar refractivity (Wildman–Crippen MR) is 111 cm³/mol. The molecule has 27 heavy (non-hydrogen) atoms. The normalized spacial score (nSPS) is 14.8. The number of rotatable bonds is 2. The zero-order chi connectivity index (χ0) is 24.3. The lowest BCUT2D eigenvalue weighted by molar-refractivity contribution is 1.07. The fraction of sp³-hybridized carbons (Fsp3) is 0. The third-order valence-electron chi connectivity index (χ3n) is 4.09. The fourth-order valence-electron chi connectivity index (χ4n) is 2.81. The molecular formula is C23H14ClN3. The average Bonchev–Trinajstić information content (AvgIpc) is 2.83. The van der Waals surface area contributed by atoms with Crippen LogP contribution in [-0.4, -0.2) is 15.0 Å². The highest BCUT2D eigenvalue weighted by Gasteiger charge is 2.10. The zero-order valence-electron chi connectivity index (χ0n) is 20.8. The maximum Gasteiger partial charge on any atom is 0.226 e. The molecule has 0 aliphatic carbocycles. The van der Waals surface area contributed by atoms with E-state index in [4.69, 9.17) is 21.2 Å². The van der Waals surface area contributed by atoms with Gasteiger partial charge in [-0.15, -0.1) is 0 Å². The second kappa shape index (κ2) is 6.45. The van der Waals surface area contributed by atoms with Crippen molar-refractivity contribution in [1.82, 2.24) is 15.0 Å². The van der Waals surface area contributed by atoms with E-state index >= 15 is 0 Å². The Bertz CT molecular complexity index is 1660. The van der Waals surface area contributed by atoms with Crippen molar-refractivity contribution >= 4 is 33.1 Å². The van der Waals surface area contributed by atoms with Crippen molar-refractivity contribution in [2.75, 3.05) is 0 Å². The zero-order valence-corrected chi connectivity index (χ0v) is 14.5. The molecule has 1 aromatic heterocycles. The monoisotopic (exact) mass is 374 g/mol. The number of halogens is 1. The summed E-state index contributed by atoms with van der Waals surface area (Å²) in [6.45, 7) is 0. The molecule has 5 rings (SSSR count). The molecule has 0 bridgehead atoms. The van der Waals surface area contributed by atoms with Gasteiger partial charge in [0.15, 0.2) is 11.6 Å². The van der Waals surface area contributed by atoms with Gasteiger partial charge in [-0.3, -0.25) is 0 Å². The molecule has 0 aliphatic heterocycles. The fourth-order valence-corrected chi connectivity index (χ4v) is 2.97. The van der Waals surface area contributed by atoms with Crippen LogP contribution < -0.4 is 0 Å². The van der Waals surface area contributed by atoms with Crippen molar-refractivity contribution in [1.29, 1.82) is 0 Å². The number of hydrogen-bond donors (Lipinski definition) is 0. The smallest absolute Gasteiger partial charge is 0.208 e. The Morgan fingerprint density at radius 2 is 1.41 bits per heavy atom. The molecule has 0 spiro atoms. The molecule has 0 N–H and O–H groups in total. The van der Waals surface area contributed by atoms with Crippen LogP contribution in [0, 0.1) is 0 Å². The summed E-state index contributed by atoms with van der Waals surface area (Å²) in [4.78, 5) is 12.7. The Morgan fingerprint density at radius 3 is 2.26 bits per heavy atom. The molecular weight excluding hydrogens is 354 g/mol. The number of aromatic nitrogens is 3. The summed E-state index contributed by atoms with van der Waals surface area (Å²) in [6, 6.07) is 10.1. The van der Waals surface area contributed by atoms with Crippen molar-refractivity contribution in [3.05, 3.63) is 90.0 Å². The van der Waals surface area contributed by atoms with Gasteiger partial charge in [-0.1, -0.05) is 72.7 Å². The maximum absolute atomic E-state index is 8.68. The third kappa shape index (κ3) is 3.03. The SMILES string of the molecule is [2H]c1c([2H])c([2H])c2c([2H])c(-c3nc(Cl)nc(-c4ccc5ccccc5c4)n3)c([2H])c([2H])c2c1[2H]. The quantitative estimate of drug-likeness (QED) is 0.371. The number of hydrogen-bond acceptors (Lipinski definition) is 3. The Morgan fingerprint density at radius 1 is 0.667 bits per heavy atom. The highest BCUT2D eigenvalue weighted by Crippen LogP contribution is 2.26. The Labute approximate surface area is 171 Å². The summed E-state index contributed by atoms with van der Waals surface area (Å²) in [5.74, 6) is 0.0853. The van der Waals surface area contributed by atoms with Crippen LogP contribution in [0.3, 0.4) is 0 Å². The van der Waals surface area contributed by atoms with Gasteiger partial charge in [-0.2, -0.15) is 9.97 Å². The first-order chi connectivity index (χ1) is 16.2. The Balaban J connectivity index is 1.80. The first-order valence-corrected chi connectivity index (χ1v) is 8.47. The van der Waals surface area contributed by atoms with Crippen LogP contribution in [0.5, 0.6) is 0 Å². The van der Waals surface area contributed by atoms with Crippen LogP contribution >= 0.6 is 11.6 Å². The van der Waals surface area contributed by atoms with E-state index in [1.807, 2.05) is 42.5 Å². The van der Waals surface area contributed by atoms with E-state index in [2.05, 4.69) is 15.0 Å². The summed E-state index contributed by atoms with van der Waals surface area (Å²) in [7, 11) is 0. The number of nitrogens with zero attached hydrogens (tertiary/aromatic N) is 3. The lowest BCUT2D eigenvalue weighted by Gasteiger charge is -2.07. The molecule has 0 aliphatic rings. The van der Waals surface area contributed by atoms with Crippen LogP contribution in [0.2, 0.25) is 5.28 Å². The lowest BCUT2D eigenvalue weighted by atomic mass is 10.1. The molecule has 0 saturated carbocycles. The van der Waals surface area contributed by atoms with Gasteiger partial charge in [-0.05, 0) is 45.3 Å². The summed E-state index contributed by atoms with van der Waals surface area (Å²) < 4.78 is 57.8. The van der Waals surface area contributed by atoms with Crippen molar-refractivity contribution < 1.29 is 9.60 Å². The van der Waals surface area contributed by atoms with Gasteiger partial charge < -0.3 is 0 Å². The molecule has 3 nitrogen and oxygen atoms in total. The van der Waals surface area contributed by atoms with E-state index in [9.17, 15) is 0 Å². The van der Waals surface area contributed by atoms with Gasteiger partial charge in [0, 0.05) is 11.1 Å². The molecule has 0 unspecified atom stereocenters. The average molecular weight is 375 g/mol. The van der Waals surface area contributed by atoms with E-state index in [0.29, 0.717) is 5.56 Å². The highest BCUT2D eigenvalue weighted by molar-refractivity contribution is 6.28. The minimum absolute atomic E-state index is 0.124. The van der Waals surface area contributed by atoms with Crippen molar-refractivity contribution in [3.63, 3.8) is 0 Å². The first kappa shape index (κ1) is 10.1. The minimum atomic E-state index is -0.528. The van der Waals surface area contributed by atoms with Crippen LogP contribution in [0.15, 0.2) is 84.8 Å². The van der Waals surface area contributed by atoms with Gasteiger partial charge in [-0.25, -0.2) is 4.98 Å². The lowest BCUT2D eigenvalue weighted by Crippen LogP contribution is -1.97. The Hall–Kier alpha value is -3.30. The number of benzene rings is 4. The molecule has 1 heterocycles. The molecule has 5 aromatic rings. The van der Waals surface area contributed by atoms with E-state index < -0.39 is 36.3 Å². The van der Waals surface area contributed by atoms with E-state index in [-0.39, 0.29) is 39.3 Å². The molecule has 0 fully saturated rings. The van der Waals surface area contributed by atoms with Crippen molar-refractivity contribution in [3.8, 4) is 22.8 Å². The first-order valence-electron chi connectivity index (χ1n) is 11.6. The highest BCUT2D eigenvalue weighted by atomic mass is 35.5. The van der Waals surface area contributed by atoms with Gasteiger partial charge in [0.2, 0.25) is 5.28 Å². The second-order valence-corrected chi connectivity index (χ2v) is 6.15. The topological polar surface area (TPSA) is 38.7 Å². The van der Waals surface area contributed by atoms with Crippen LogP contribution in [0.4, 0.5) is 0 Å². The van der Waals surface area contributed by atoms with Crippen molar-refractivity contribution in [2.24, 2.45) is 0 Å². The molecule has 0 saturated heterocycles. The molecule has 4 heteroatoms. The second-order valence-electron chi connectivity index (χ2n) is 5.81. The van der Waals surface area contributed by atoms with Gasteiger partial charge >= 0.3 is 0 Å². The van der Waals surface area contributed by atoms with Crippen LogP contribution in [0.1, 0.15) is 9.60 Å². The molecule has 4 aromatic carbocycles. The predicted octanol–water partition coefficient (Wildman–Crippen LogP) is 6.17. The van der Waals surface area contributed by atoms with E-state index in [0.717, 1.165) is 10.8 Å². The largest absolute Gasteiger partial charge is 0.226 e. The maximum atomic E-state index is 8.68. The van der Waals surface area contributed by atoms with Crippen molar-refractivity contribution in [2.45, 2.75) is 0 Å². The third-order valence-corrected chi connectivity index (χ3v) is 4.26.